The lowest BCUT2D eigenvalue weighted by Gasteiger charge is -2.10. The van der Waals surface area contributed by atoms with Gasteiger partial charge in [0.1, 0.15) is 0 Å². The summed E-state index contributed by atoms with van der Waals surface area (Å²) in [5.41, 5.74) is 0.989. The molecule has 0 aliphatic carbocycles. The highest BCUT2D eigenvalue weighted by Gasteiger charge is 2.06. The molecule has 1 unspecified atom stereocenters. The molecule has 1 atom stereocenters. The molecule has 86 valence electrons. The van der Waals surface area contributed by atoms with Crippen LogP contribution >= 0.6 is 23.2 Å². The van der Waals surface area contributed by atoms with Gasteiger partial charge in [-0.1, -0.05) is 29.3 Å². The maximum Gasteiger partial charge on any atom is 0.0595 e. The summed E-state index contributed by atoms with van der Waals surface area (Å²) in [4.78, 5) is 0. The Morgan fingerprint density at radius 3 is 2.69 bits per heavy atom. The maximum atomic E-state index is 9.74. The molecule has 0 fully saturated rings. The summed E-state index contributed by atoms with van der Waals surface area (Å²) in [7, 11) is 0. The van der Waals surface area contributed by atoms with E-state index in [1.807, 2.05) is 6.07 Å². The van der Waals surface area contributed by atoms with Gasteiger partial charge < -0.3 is 5.11 Å². The molecule has 16 heavy (non-hydrogen) atoms. The molecule has 0 aliphatic heterocycles. The standard InChI is InChI=1S/C13H14Cl2O/c1-2-3-4-5-11(16)8-10-6-7-12(14)13(15)9-10/h1,6-7,9,11,16H,3-5,8H2. The van der Waals surface area contributed by atoms with E-state index < -0.39 is 0 Å². The Balaban J connectivity index is 2.47. The SMILES string of the molecule is C#CCCCC(O)Cc1ccc(Cl)c(Cl)c1. The molecule has 0 radical (unpaired) electrons. The molecule has 0 amide bonds. The molecule has 0 saturated carbocycles. The second-order valence-corrected chi connectivity index (χ2v) is 4.52. The summed E-state index contributed by atoms with van der Waals surface area (Å²) in [6.45, 7) is 0. The van der Waals surface area contributed by atoms with E-state index in [0.29, 0.717) is 29.3 Å². The summed E-state index contributed by atoms with van der Waals surface area (Å²) in [5, 5.41) is 10.8. The third kappa shape index (κ3) is 4.45. The second-order valence-electron chi connectivity index (χ2n) is 3.70. The second kappa shape index (κ2) is 6.81. The third-order valence-corrected chi connectivity index (χ3v) is 3.05. The molecule has 1 nitrogen and oxygen atoms in total. The molecule has 0 bridgehead atoms. The predicted octanol–water partition coefficient (Wildman–Crippen LogP) is 3.70. The lowest BCUT2D eigenvalue weighted by Crippen LogP contribution is -2.10. The third-order valence-electron chi connectivity index (χ3n) is 2.31. The van der Waals surface area contributed by atoms with Crippen molar-refractivity contribution >= 4 is 23.2 Å². The maximum absolute atomic E-state index is 9.74. The van der Waals surface area contributed by atoms with E-state index in [9.17, 15) is 5.11 Å². The van der Waals surface area contributed by atoms with Gasteiger partial charge in [-0.3, -0.25) is 0 Å². The number of unbranched alkanes of at least 4 members (excludes halogenated alkanes) is 1. The van der Waals surface area contributed by atoms with E-state index in [2.05, 4.69) is 5.92 Å². The molecular formula is C13H14Cl2O. The first-order valence-corrected chi connectivity index (χ1v) is 5.94. The zero-order valence-electron chi connectivity index (χ0n) is 8.92. The van der Waals surface area contributed by atoms with Gasteiger partial charge >= 0.3 is 0 Å². The predicted molar refractivity (Wildman–Crippen MR) is 68.9 cm³/mol. The first-order chi connectivity index (χ1) is 7.63. The molecule has 0 heterocycles. The molecule has 1 aromatic rings. The van der Waals surface area contributed by atoms with Crippen LogP contribution in [0.5, 0.6) is 0 Å². The van der Waals surface area contributed by atoms with Gasteiger partial charge in [-0.15, -0.1) is 12.3 Å². The molecule has 0 saturated heterocycles. The number of hydrogen-bond acceptors (Lipinski definition) is 1. The van der Waals surface area contributed by atoms with Crippen LogP contribution in [0.25, 0.3) is 0 Å². The molecule has 1 rings (SSSR count). The minimum Gasteiger partial charge on any atom is -0.393 e. The molecular weight excluding hydrogens is 243 g/mol. The first kappa shape index (κ1) is 13.4. The largest absolute Gasteiger partial charge is 0.393 e. The monoisotopic (exact) mass is 256 g/mol. The zero-order valence-corrected chi connectivity index (χ0v) is 10.4. The van der Waals surface area contributed by atoms with Gasteiger partial charge in [0.15, 0.2) is 0 Å². The van der Waals surface area contributed by atoms with E-state index in [-0.39, 0.29) is 6.10 Å². The Morgan fingerprint density at radius 2 is 2.06 bits per heavy atom. The minimum atomic E-state index is -0.370. The minimum absolute atomic E-state index is 0.370. The van der Waals surface area contributed by atoms with Gasteiger partial charge in [0, 0.05) is 6.42 Å². The number of aliphatic hydroxyl groups excluding tert-OH is 1. The Morgan fingerprint density at radius 1 is 1.31 bits per heavy atom. The number of aliphatic hydroxyl groups is 1. The summed E-state index contributed by atoms with van der Waals surface area (Å²) in [6.07, 6.45) is 7.62. The average Bonchev–Trinajstić information content (AvgIpc) is 2.24. The Labute approximate surface area is 106 Å². The molecule has 1 N–H and O–H groups in total. The first-order valence-electron chi connectivity index (χ1n) is 5.19. The Bertz CT molecular complexity index is 382. The quantitative estimate of drug-likeness (QED) is 0.629. The van der Waals surface area contributed by atoms with Crippen LogP contribution in [0.1, 0.15) is 24.8 Å². The fraction of sp³-hybridized carbons (Fsp3) is 0.385. The van der Waals surface area contributed by atoms with Crippen molar-refractivity contribution in [3.8, 4) is 12.3 Å². The normalized spacial score (nSPS) is 12.1. The number of terminal acetylenes is 1. The van der Waals surface area contributed by atoms with Crippen LogP contribution in [0.2, 0.25) is 10.0 Å². The van der Waals surface area contributed by atoms with E-state index >= 15 is 0 Å². The Hall–Kier alpha value is -0.680. The number of hydrogen-bond donors (Lipinski definition) is 1. The summed E-state index contributed by atoms with van der Waals surface area (Å²) in [5.74, 6) is 2.55. The molecule has 0 spiro atoms. The highest BCUT2D eigenvalue weighted by molar-refractivity contribution is 6.42. The van der Waals surface area contributed by atoms with Gasteiger partial charge in [0.2, 0.25) is 0 Å². The molecule has 0 aliphatic rings. The van der Waals surface area contributed by atoms with Gasteiger partial charge in [0.05, 0.1) is 16.1 Å². The molecule has 0 aromatic heterocycles. The van der Waals surface area contributed by atoms with Crippen LogP contribution in [-0.2, 0) is 6.42 Å². The van der Waals surface area contributed by atoms with Gasteiger partial charge in [-0.05, 0) is 37.0 Å². The molecule has 3 heteroatoms. The summed E-state index contributed by atoms with van der Waals surface area (Å²) < 4.78 is 0. The fourth-order valence-corrected chi connectivity index (χ4v) is 1.80. The van der Waals surface area contributed by atoms with E-state index in [1.54, 1.807) is 12.1 Å². The number of benzene rings is 1. The zero-order chi connectivity index (χ0) is 12.0. The fourth-order valence-electron chi connectivity index (χ4n) is 1.48. The van der Waals surface area contributed by atoms with Gasteiger partial charge in [-0.25, -0.2) is 0 Å². The van der Waals surface area contributed by atoms with Crippen molar-refractivity contribution in [1.29, 1.82) is 0 Å². The summed E-state index contributed by atoms with van der Waals surface area (Å²) in [6, 6.07) is 5.40. The van der Waals surface area contributed by atoms with Gasteiger partial charge in [0.25, 0.3) is 0 Å². The van der Waals surface area contributed by atoms with Crippen LogP contribution in [0.15, 0.2) is 18.2 Å². The van der Waals surface area contributed by atoms with E-state index in [1.165, 1.54) is 0 Å². The molecule has 1 aromatic carbocycles. The van der Waals surface area contributed by atoms with Crippen molar-refractivity contribution in [3.63, 3.8) is 0 Å². The van der Waals surface area contributed by atoms with Crippen LogP contribution in [0.4, 0.5) is 0 Å². The Kier molecular flexibility index (Phi) is 5.69. The van der Waals surface area contributed by atoms with Gasteiger partial charge in [-0.2, -0.15) is 0 Å². The van der Waals surface area contributed by atoms with Crippen LogP contribution < -0.4 is 0 Å². The van der Waals surface area contributed by atoms with Crippen molar-refractivity contribution in [2.75, 3.05) is 0 Å². The number of halogens is 2. The summed E-state index contributed by atoms with van der Waals surface area (Å²) >= 11 is 11.7. The highest BCUT2D eigenvalue weighted by Crippen LogP contribution is 2.23. The smallest absolute Gasteiger partial charge is 0.0595 e. The van der Waals surface area contributed by atoms with Crippen molar-refractivity contribution in [2.24, 2.45) is 0 Å². The topological polar surface area (TPSA) is 20.2 Å². The van der Waals surface area contributed by atoms with Crippen molar-refractivity contribution < 1.29 is 5.11 Å². The van der Waals surface area contributed by atoms with Crippen molar-refractivity contribution in [1.82, 2.24) is 0 Å². The number of rotatable bonds is 5. The van der Waals surface area contributed by atoms with E-state index in [0.717, 1.165) is 12.0 Å². The highest BCUT2D eigenvalue weighted by atomic mass is 35.5. The van der Waals surface area contributed by atoms with E-state index in [4.69, 9.17) is 29.6 Å². The van der Waals surface area contributed by atoms with Crippen molar-refractivity contribution in [2.45, 2.75) is 31.8 Å². The van der Waals surface area contributed by atoms with Crippen LogP contribution in [0, 0.1) is 12.3 Å². The lowest BCUT2D eigenvalue weighted by molar-refractivity contribution is 0.162. The average molecular weight is 257 g/mol. The van der Waals surface area contributed by atoms with Crippen LogP contribution in [0.3, 0.4) is 0 Å². The lowest BCUT2D eigenvalue weighted by atomic mass is 10.0. The van der Waals surface area contributed by atoms with Crippen LogP contribution in [-0.4, -0.2) is 11.2 Å². The van der Waals surface area contributed by atoms with Crippen molar-refractivity contribution in [3.05, 3.63) is 33.8 Å².